The Bertz CT molecular complexity index is 430. The van der Waals surface area contributed by atoms with E-state index in [-0.39, 0.29) is 0 Å². The highest BCUT2D eigenvalue weighted by Crippen LogP contribution is 2.35. The maximum Gasteiger partial charge on any atom is 0.101 e. The van der Waals surface area contributed by atoms with Crippen LogP contribution in [0.3, 0.4) is 0 Å². The molecule has 0 saturated heterocycles. The first-order chi connectivity index (χ1) is 8.24. The van der Waals surface area contributed by atoms with Crippen molar-refractivity contribution in [3.05, 3.63) is 23.8 Å². The van der Waals surface area contributed by atoms with Gasteiger partial charge in [0.15, 0.2) is 0 Å². The van der Waals surface area contributed by atoms with E-state index < -0.39 is 0 Å². The topological polar surface area (TPSA) is 61.8 Å². The molecule has 1 fully saturated rings. The molecule has 0 aliphatic heterocycles. The van der Waals surface area contributed by atoms with Gasteiger partial charge in [-0.15, -0.1) is 0 Å². The van der Waals surface area contributed by atoms with Crippen LogP contribution in [0, 0.1) is 17.2 Å². The molecule has 3 heteroatoms. The largest absolute Gasteiger partial charge is 0.396 e. The number of nitrogens with one attached hydrogen (secondary N) is 1. The molecular weight excluding hydrogens is 210 g/mol. The summed E-state index contributed by atoms with van der Waals surface area (Å²) in [6.45, 7) is 2.18. The molecule has 1 unspecified atom stereocenters. The first-order valence-corrected chi connectivity index (χ1v) is 6.29. The molecule has 3 N–H and O–H groups in total. The Labute approximate surface area is 103 Å². The van der Waals surface area contributed by atoms with Gasteiger partial charge in [0.2, 0.25) is 0 Å². The second-order valence-corrected chi connectivity index (χ2v) is 4.81. The van der Waals surface area contributed by atoms with Crippen molar-refractivity contribution >= 4 is 11.4 Å². The minimum absolute atomic E-state index is 0.471. The fourth-order valence-electron chi connectivity index (χ4n) is 2.09. The van der Waals surface area contributed by atoms with Crippen LogP contribution in [0.5, 0.6) is 0 Å². The quantitative estimate of drug-likeness (QED) is 0.762. The molecule has 90 valence electrons. The predicted octanol–water partition coefficient (Wildman–Crippen LogP) is 3.13. The monoisotopic (exact) mass is 229 g/mol. The number of para-hydroxylation sites is 1. The first-order valence-electron chi connectivity index (χ1n) is 6.29. The number of hydrogen-bond acceptors (Lipinski definition) is 3. The summed E-state index contributed by atoms with van der Waals surface area (Å²) >= 11 is 0. The molecule has 3 nitrogen and oxygen atoms in total. The molecule has 0 spiro atoms. The number of nitriles is 1. The summed E-state index contributed by atoms with van der Waals surface area (Å²) in [5.41, 5.74) is 7.98. The summed E-state index contributed by atoms with van der Waals surface area (Å²) in [7, 11) is 0. The maximum atomic E-state index is 8.93. The van der Waals surface area contributed by atoms with Gasteiger partial charge in [-0.2, -0.15) is 5.26 Å². The van der Waals surface area contributed by atoms with Crippen LogP contribution in [0.2, 0.25) is 0 Å². The molecule has 2 rings (SSSR count). The van der Waals surface area contributed by atoms with E-state index in [2.05, 4.69) is 18.3 Å². The van der Waals surface area contributed by atoms with Gasteiger partial charge in [0, 0.05) is 6.04 Å². The molecule has 0 radical (unpaired) electrons. The van der Waals surface area contributed by atoms with E-state index in [4.69, 9.17) is 11.0 Å². The Hall–Kier alpha value is -1.69. The SMILES string of the molecule is CCC(CC1CC1)Nc1cccc(C#N)c1N. The van der Waals surface area contributed by atoms with E-state index in [1.807, 2.05) is 12.1 Å². The van der Waals surface area contributed by atoms with Crippen molar-refractivity contribution in [1.82, 2.24) is 0 Å². The van der Waals surface area contributed by atoms with E-state index in [0.717, 1.165) is 18.0 Å². The van der Waals surface area contributed by atoms with Crippen LogP contribution in [0.4, 0.5) is 11.4 Å². The summed E-state index contributed by atoms with van der Waals surface area (Å²) in [5.74, 6) is 0.896. The van der Waals surface area contributed by atoms with Gasteiger partial charge in [-0.25, -0.2) is 0 Å². The van der Waals surface area contributed by atoms with Crippen LogP contribution in [-0.4, -0.2) is 6.04 Å². The van der Waals surface area contributed by atoms with E-state index in [0.29, 0.717) is 17.3 Å². The Morgan fingerprint density at radius 2 is 2.29 bits per heavy atom. The Kier molecular flexibility index (Phi) is 3.53. The highest BCUT2D eigenvalue weighted by molar-refractivity contribution is 5.73. The third kappa shape index (κ3) is 2.91. The molecule has 1 aromatic rings. The lowest BCUT2D eigenvalue weighted by Gasteiger charge is -2.19. The zero-order valence-corrected chi connectivity index (χ0v) is 10.2. The van der Waals surface area contributed by atoms with Gasteiger partial charge in [-0.3, -0.25) is 0 Å². The molecule has 0 aromatic heterocycles. The molecule has 17 heavy (non-hydrogen) atoms. The van der Waals surface area contributed by atoms with Crippen molar-refractivity contribution in [3.8, 4) is 6.07 Å². The van der Waals surface area contributed by atoms with Gasteiger partial charge in [0.1, 0.15) is 6.07 Å². The minimum atomic E-state index is 0.471. The fraction of sp³-hybridized carbons (Fsp3) is 0.500. The average molecular weight is 229 g/mol. The van der Waals surface area contributed by atoms with E-state index >= 15 is 0 Å². The third-order valence-electron chi connectivity index (χ3n) is 3.39. The second kappa shape index (κ2) is 5.09. The van der Waals surface area contributed by atoms with Crippen molar-refractivity contribution in [2.45, 2.75) is 38.6 Å². The summed E-state index contributed by atoms with van der Waals surface area (Å²) in [5, 5.41) is 12.4. The molecule has 0 amide bonds. The zero-order chi connectivity index (χ0) is 12.3. The zero-order valence-electron chi connectivity index (χ0n) is 10.2. The molecule has 1 aliphatic rings. The van der Waals surface area contributed by atoms with Crippen LogP contribution >= 0.6 is 0 Å². The molecule has 1 aromatic carbocycles. The number of hydrogen-bond donors (Lipinski definition) is 2. The Balaban J connectivity index is 2.08. The molecule has 1 saturated carbocycles. The highest BCUT2D eigenvalue weighted by Gasteiger charge is 2.24. The number of nitrogens with two attached hydrogens (primary N) is 1. The van der Waals surface area contributed by atoms with Crippen molar-refractivity contribution < 1.29 is 0 Å². The maximum absolute atomic E-state index is 8.93. The van der Waals surface area contributed by atoms with Gasteiger partial charge in [-0.1, -0.05) is 25.8 Å². The van der Waals surface area contributed by atoms with Crippen molar-refractivity contribution in [1.29, 1.82) is 5.26 Å². The van der Waals surface area contributed by atoms with Gasteiger partial charge in [0.25, 0.3) is 0 Å². The van der Waals surface area contributed by atoms with Gasteiger partial charge < -0.3 is 11.1 Å². The number of anilines is 2. The summed E-state index contributed by atoms with van der Waals surface area (Å²) in [4.78, 5) is 0. The first kappa shape index (κ1) is 11.8. The normalized spacial score (nSPS) is 16.2. The second-order valence-electron chi connectivity index (χ2n) is 4.81. The Morgan fingerprint density at radius 3 is 2.88 bits per heavy atom. The summed E-state index contributed by atoms with van der Waals surface area (Å²) in [6.07, 6.45) is 5.04. The standard InChI is InChI=1S/C14H19N3/c1-2-12(8-10-6-7-10)17-13-5-3-4-11(9-15)14(13)16/h3-5,10,12,17H,2,6-8,16H2,1H3. The lowest BCUT2D eigenvalue weighted by molar-refractivity contribution is 0.587. The van der Waals surface area contributed by atoms with Crippen LogP contribution in [0.25, 0.3) is 0 Å². The third-order valence-corrected chi connectivity index (χ3v) is 3.39. The van der Waals surface area contributed by atoms with Crippen molar-refractivity contribution in [2.75, 3.05) is 11.1 Å². The summed E-state index contributed by atoms with van der Waals surface area (Å²) in [6, 6.07) is 8.16. The van der Waals surface area contributed by atoms with Crippen LogP contribution in [-0.2, 0) is 0 Å². The smallest absolute Gasteiger partial charge is 0.101 e. The Morgan fingerprint density at radius 1 is 1.53 bits per heavy atom. The highest BCUT2D eigenvalue weighted by atomic mass is 14.9. The van der Waals surface area contributed by atoms with Gasteiger partial charge in [0.05, 0.1) is 16.9 Å². The van der Waals surface area contributed by atoms with E-state index in [9.17, 15) is 0 Å². The van der Waals surface area contributed by atoms with Crippen molar-refractivity contribution in [2.24, 2.45) is 5.92 Å². The molecular formula is C14H19N3. The average Bonchev–Trinajstić information content (AvgIpc) is 3.14. The number of rotatable bonds is 5. The van der Waals surface area contributed by atoms with Crippen molar-refractivity contribution in [3.63, 3.8) is 0 Å². The lowest BCUT2D eigenvalue weighted by atomic mass is 10.1. The molecule has 1 atom stereocenters. The van der Waals surface area contributed by atoms with E-state index in [1.165, 1.54) is 19.3 Å². The molecule has 0 heterocycles. The van der Waals surface area contributed by atoms with E-state index in [1.54, 1.807) is 6.07 Å². The molecule has 1 aliphatic carbocycles. The van der Waals surface area contributed by atoms with Gasteiger partial charge in [-0.05, 0) is 30.9 Å². The lowest BCUT2D eigenvalue weighted by Crippen LogP contribution is -2.20. The fourth-order valence-corrected chi connectivity index (χ4v) is 2.09. The predicted molar refractivity (Wildman–Crippen MR) is 70.6 cm³/mol. The van der Waals surface area contributed by atoms with Crippen LogP contribution < -0.4 is 11.1 Å². The number of nitrogens with zero attached hydrogens (tertiary/aromatic N) is 1. The van der Waals surface area contributed by atoms with Crippen LogP contribution in [0.1, 0.15) is 38.2 Å². The van der Waals surface area contributed by atoms with Gasteiger partial charge >= 0.3 is 0 Å². The summed E-state index contributed by atoms with van der Waals surface area (Å²) < 4.78 is 0. The number of nitrogen functional groups attached to an aromatic ring is 1. The minimum Gasteiger partial charge on any atom is -0.396 e. The molecule has 0 bridgehead atoms. The van der Waals surface area contributed by atoms with Crippen LogP contribution in [0.15, 0.2) is 18.2 Å². The number of benzene rings is 1.